The fourth-order valence-corrected chi connectivity index (χ4v) is 1.64. The largest absolute Gasteiger partial charge is 0.417 e. The number of benzene rings is 1. The van der Waals surface area contributed by atoms with Crippen molar-refractivity contribution in [3.63, 3.8) is 0 Å². The van der Waals surface area contributed by atoms with Crippen LogP contribution in [0.4, 0.5) is 19.0 Å². The Morgan fingerprint density at radius 2 is 2.00 bits per heavy atom. The van der Waals surface area contributed by atoms with Crippen molar-refractivity contribution in [1.29, 1.82) is 5.26 Å². The summed E-state index contributed by atoms with van der Waals surface area (Å²) >= 11 is 0. The maximum absolute atomic E-state index is 12.8. The van der Waals surface area contributed by atoms with Gasteiger partial charge in [0.15, 0.2) is 0 Å². The number of carbonyl (C=O) groups is 1. The quantitative estimate of drug-likeness (QED) is 0.866. The SMILES string of the molecule is N#Cc1cnn(C(=O)c2ccccc2C(F)(F)F)c1N. The molecule has 1 aromatic carbocycles. The number of hydrogen-bond acceptors (Lipinski definition) is 4. The molecule has 20 heavy (non-hydrogen) atoms. The molecule has 0 bridgehead atoms. The second-order valence-electron chi connectivity index (χ2n) is 3.82. The van der Waals surface area contributed by atoms with E-state index < -0.39 is 23.2 Å². The summed E-state index contributed by atoms with van der Waals surface area (Å²) in [5.74, 6) is -1.34. The lowest BCUT2D eigenvalue weighted by molar-refractivity contribution is -0.137. The number of nitrogens with zero attached hydrogens (tertiary/aromatic N) is 3. The third-order valence-electron chi connectivity index (χ3n) is 2.58. The average molecular weight is 280 g/mol. The summed E-state index contributed by atoms with van der Waals surface area (Å²) < 4.78 is 39.1. The first-order valence-electron chi connectivity index (χ1n) is 5.30. The van der Waals surface area contributed by atoms with Crippen LogP contribution in [0.3, 0.4) is 0 Å². The minimum atomic E-state index is -4.67. The molecule has 1 aromatic heterocycles. The fraction of sp³-hybridized carbons (Fsp3) is 0.0833. The number of aromatic nitrogens is 2. The van der Waals surface area contributed by atoms with E-state index in [-0.39, 0.29) is 11.4 Å². The number of nitrogens with two attached hydrogens (primary N) is 1. The van der Waals surface area contributed by atoms with Crippen LogP contribution < -0.4 is 5.73 Å². The Kier molecular flexibility index (Phi) is 3.19. The lowest BCUT2D eigenvalue weighted by Gasteiger charge is -2.11. The Morgan fingerprint density at radius 1 is 1.35 bits per heavy atom. The van der Waals surface area contributed by atoms with E-state index in [1.54, 1.807) is 6.07 Å². The summed E-state index contributed by atoms with van der Waals surface area (Å²) in [5.41, 5.74) is 3.74. The van der Waals surface area contributed by atoms with Gasteiger partial charge < -0.3 is 5.73 Å². The first kappa shape index (κ1) is 13.6. The molecular weight excluding hydrogens is 273 g/mol. The monoisotopic (exact) mass is 280 g/mol. The molecule has 0 spiro atoms. The highest BCUT2D eigenvalue weighted by molar-refractivity contribution is 5.98. The van der Waals surface area contributed by atoms with Crippen LogP contribution in [0, 0.1) is 11.3 Å². The van der Waals surface area contributed by atoms with E-state index in [4.69, 9.17) is 11.0 Å². The Morgan fingerprint density at radius 3 is 2.55 bits per heavy atom. The predicted molar refractivity (Wildman–Crippen MR) is 62.5 cm³/mol. The zero-order valence-corrected chi connectivity index (χ0v) is 9.85. The lowest BCUT2D eigenvalue weighted by Crippen LogP contribution is -2.20. The first-order valence-corrected chi connectivity index (χ1v) is 5.30. The molecule has 0 unspecified atom stereocenters. The van der Waals surface area contributed by atoms with Crippen molar-refractivity contribution in [2.45, 2.75) is 6.18 Å². The Labute approximate surface area is 111 Å². The third-order valence-corrected chi connectivity index (χ3v) is 2.58. The number of alkyl halides is 3. The fourth-order valence-electron chi connectivity index (χ4n) is 1.64. The number of anilines is 1. The molecule has 2 aromatic rings. The van der Waals surface area contributed by atoms with Crippen LogP contribution in [0.15, 0.2) is 30.5 Å². The summed E-state index contributed by atoms with van der Waals surface area (Å²) in [6.45, 7) is 0. The maximum atomic E-state index is 12.8. The molecule has 0 radical (unpaired) electrons. The van der Waals surface area contributed by atoms with Gasteiger partial charge in [-0.1, -0.05) is 12.1 Å². The normalized spacial score (nSPS) is 11.1. The molecule has 0 aliphatic carbocycles. The Bertz CT molecular complexity index is 712. The van der Waals surface area contributed by atoms with Gasteiger partial charge in [0.2, 0.25) is 0 Å². The van der Waals surface area contributed by atoms with Crippen LogP contribution in [-0.4, -0.2) is 15.7 Å². The molecule has 0 atom stereocenters. The molecule has 0 aliphatic rings. The van der Waals surface area contributed by atoms with Gasteiger partial charge in [-0.25, -0.2) is 0 Å². The van der Waals surface area contributed by atoms with Crippen molar-refractivity contribution in [2.24, 2.45) is 0 Å². The van der Waals surface area contributed by atoms with E-state index in [1.807, 2.05) is 0 Å². The zero-order chi connectivity index (χ0) is 14.9. The number of nitrogen functional groups attached to an aromatic ring is 1. The minimum absolute atomic E-state index is 0.0807. The molecule has 2 rings (SSSR count). The molecule has 0 fully saturated rings. The molecule has 0 saturated carbocycles. The van der Waals surface area contributed by atoms with Crippen molar-refractivity contribution in [2.75, 3.05) is 5.73 Å². The number of hydrogen-bond donors (Lipinski definition) is 1. The van der Waals surface area contributed by atoms with Gasteiger partial charge in [0.05, 0.1) is 17.3 Å². The van der Waals surface area contributed by atoms with Crippen LogP contribution in [0.2, 0.25) is 0 Å². The molecule has 1 heterocycles. The number of rotatable bonds is 1. The summed E-state index contributed by atoms with van der Waals surface area (Å²) in [6.07, 6.45) is -3.66. The predicted octanol–water partition coefficient (Wildman–Crippen LogP) is 2.04. The topological polar surface area (TPSA) is 84.7 Å². The Balaban J connectivity index is 2.55. The molecule has 0 saturated heterocycles. The summed E-state index contributed by atoms with van der Waals surface area (Å²) in [7, 11) is 0. The molecule has 5 nitrogen and oxygen atoms in total. The van der Waals surface area contributed by atoms with Gasteiger partial charge >= 0.3 is 6.18 Å². The van der Waals surface area contributed by atoms with Gasteiger partial charge in [0.25, 0.3) is 5.91 Å². The van der Waals surface area contributed by atoms with Gasteiger partial charge in [-0.3, -0.25) is 4.79 Å². The highest BCUT2D eigenvalue weighted by atomic mass is 19.4. The second-order valence-corrected chi connectivity index (χ2v) is 3.82. The van der Waals surface area contributed by atoms with Crippen LogP contribution in [0.25, 0.3) is 0 Å². The van der Waals surface area contributed by atoms with Crippen molar-refractivity contribution in [3.05, 3.63) is 47.2 Å². The van der Waals surface area contributed by atoms with E-state index >= 15 is 0 Å². The maximum Gasteiger partial charge on any atom is 0.417 e. The molecule has 2 N–H and O–H groups in total. The van der Waals surface area contributed by atoms with Crippen LogP contribution >= 0.6 is 0 Å². The summed E-state index contributed by atoms with van der Waals surface area (Å²) in [6, 6.07) is 5.97. The lowest BCUT2D eigenvalue weighted by atomic mass is 10.1. The number of halogens is 3. The minimum Gasteiger partial charge on any atom is -0.382 e. The zero-order valence-electron chi connectivity index (χ0n) is 9.85. The number of carbonyl (C=O) groups excluding carboxylic acids is 1. The molecule has 102 valence electrons. The smallest absolute Gasteiger partial charge is 0.382 e. The van der Waals surface area contributed by atoms with Crippen LogP contribution in [0.1, 0.15) is 21.5 Å². The molecular formula is C12H7F3N4O. The van der Waals surface area contributed by atoms with Crippen molar-refractivity contribution < 1.29 is 18.0 Å². The second kappa shape index (κ2) is 4.70. The summed E-state index contributed by atoms with van der Waals surface area (Å²) in [5, 5.41) is 12.2. The van der Waals surface area contributed by atoms with E-state index in [0.717, 1.165) is 18.3 Å². The molecule has 0 aliphatic heterocycles. The number of nitriles is 1. The first-order chi connectivity index (χ1) is 9.36. The van der Waals surface area contributed by atoms with Crippen molar-refractivity contribution in [1.82, 2.24) is 9.78 Å². The third kappa shape index (κ3) is 2.21. The van der Waals surface area contributed by atoms with Gasteiger partial charge in [-0.2, -0.15) is 28.2 Å². The standard InChI is InChI=1S/C12H7F3N4O/c13-12(14,15)9-4-2-1-3-8(9)11(20)19-10(17)7(5-16)6-18-19/h1-4,6H,17H2. The van der Waals surface area contributed by atoms with Gasteiger partial charge in [0, 0.05) is 0 Å². The molecule has 0 amide bonds. The average Bonchev–Trinajstić information content (AvgIpc) is 2.78. The van der Waals surface area contributed by atoms with Crippen LogP contribution in [0.5, 0.6) is 0 Å². The van der Waals surface area contributed by atoms with E-state index in [0.29, 0.717) is 4.68 Å². The van der Waals surface area contributed by atoms with E-state index in [2.05, 4.69) is 5.10 Å². The highest BCUT2D eigenvalue weighted by Crippen LogP contribution is 2.32. The van der Waals surface area contributed by atoms with E-state index in [1.165, 1.54) is 12.1 Å². The highest BCUT2D eigenvalue weighted by Gasteiger charge is 2.35. The van der Waals surface area contributed by atoms with Crippen molar-refractivity contribution >= 4 is 11.7 Å². The van der Waals surface area contributed by atoms with Crippen molar-refractivity contribution in [3.8, 4) is 6.07 Å². The van der Waals surface area contributed by atoms with E-state index in [9.17, 15) is 18.0 Å². The summed E-state index contributed by atoms with van der Waals surface area (Å²) in [4.78, 5) is 12.1. The van der Waals surface area contributed by atoms with Gasteiger partial charge in [0.1, 0.15) is 17.5 Å². The van der Waals surface area contributed by atoms with Gasteiger partial charge in [-0.15, -0.1) is 0 Å². The Hall–Kier alpha value is -2.82. The van der Waals surface area contributed by atoms with Crippen LogP contribution in [-0.2, 0) is 6.18 Å². The molecule has 8 heteroatoms. The van der Waals surface area contributed by atoms with Gasteiger partial charge in [-0.05, 0) is 12.1 Å².